The van der Waals surface area contributed by atoms with Crippen LogP contribution >= 0.6 is 0 Å². The maximum absolute atomic E-state index is 12.5. The number of nitrogens with zero attached hydrogens (tertiary/aromatic N) is 2. The van der Waals surface area contributed by atoms with Crippen LogP contribution in [0.1, 0.15) is 31.7 Å². The lowest BCUT2D eigenvalue weighted by molar-refractivity contribution is -0.128. The number of carbonyl (C=O) groups excluding carboxylic acids is 3. The number of amides is 5. The fourth-order valence-electron chi connectivity index (χ4n) is 3.39. The van der Waals surface area contributed by atoms with Gasteiger partial charge in [-0.1, -0.05) is 6.92 Å². The minimum atomic E-state index is -0.324. The normalized spacial score (nSPS) is 18.9. The molecule has 2 heterocycles. The van der Waals surface area contributed by atoms with E-state index in [4.69, 9.17) is 4.74 Å². The van der Waals surface area contributed by atoms with Crippen LogP contribution in [-0.4, -0.2) is 54.0 Å². The molecule has 8 heteroatoms. The molecule has 2 aliphatic heterocycles. The Kier molecular flexibility index (Phi) is 5.29. The zero-order valence-corrected chi connectivity index (χ0v) is 15.1. The van der Waals surface area contributed by atoms with Crippen molar-refractivity contribution >= 4 is 23.7 Å². The predicted octanol–water partition coefficient (Wildman–Crippen LogP) is 2.15. The van der Waals surface area contributed by atoms with Crippen molar-refractivity contribution in [3.05, 3.63) is 23.8 Å². The number of ether oxygens (including phenoxy) is 1. The van der Waals surface area contributed by atoms with Crippen LogP contribution in [0.3, 0.4) is 0 Å². The zero-order valence-electron chi connectivity index (χ0n) is 15.1. The number of carbonyl (C=O) groups is 3. The van der Waals surface area contributed by atoms with E-state index in [2.05, 4.69) is 10.6 Å². The van der Waals surface area contributed by atoms with E-state index in [9.17, 15) is 14.4 Å². The van der Waals surface area contributed by atoms with Crippen LogP contribution < -0.4 is 15.4 Å². The molecular weight excluding hydrogens is 336 g/mol. The van der Waals surface area contributed by atoms with Crippen molar-refractivity contribution in [2.75, 3.05) is 25.5 Å². The molecule has 2 saturated heterocycles. The fourth-order valence-corrected chi connectivity index (χ4v) is 3.39. The molecule has 1 aromatic carbocycles. The molecule has 0 bridgehead atoms. The molecule has 0 aliphatic carbocycles. The minimum absolute atomic E-state index is 0.125. The molecule has 2 N–H and O–H groups in total. The molecule has 0 spiro atoms. The largest absolute Gasteiger partial charge is 0.496 e. The van der Waals surface area contributed by atoms with Crippen LogP contribution in [0.15, 0.2) is 18.2 Å². The first kappa shape index (κ1) is 18.0. The van der Waals surface area contributed by atoms with E-state index in [-0.39, 0.29) is 30.6 Å². The summed E-state index contributed by atoms with van der Waals surface area (Å²) < 4.78 is 5.35. The average Bonchev–Trinajstić information content (AvgIpc) is 3.20. The standard InChI is InChI=1S/C18H24N4O4/c1-3-8-19-17(24)20-13-6-7-15(26-2)12(10-13)11-22-16(23)14-5-4-9-21(14)18(22)25/h6-7,10,14H,3-5,8-9,11H2,1-2H3,(H2,19,20,24). The van der Waals surface area contributed by atoms with E-state index in [1.807, 2.05) is 6.92 Å². The van der Waals surface area contributed by atoms with Gasteiger partial charge in [-0.3, -0.25) is 9.69 Å². The third-order valence-corrected chi connectivity index (χ3v) is 4.68. The summed E-state index contributed by atoms with van der Waals surface area (Å²) in [6, 6.07) is 4.30. The number of benzene rings is 1. The topological polar surface area (TPSA) is 91.0 Å². The summed E-state index contributed by atoms with van der Waals surface area (Å²) in [7, 11) is 1.53. The van der Waals surface area contributed by atoms with Crippen molar-refractivity contribution in [1.29, 1.82) is 0 Å². The molecule has 0 saturated carbocycles. The highest BCUT2D eigenvalue weighted by molar-refractivity contribution is 6.04. The summed E-state index contributed by atoms with van der Waals surface area (Å²) in [5.41, 5.74) is 1.25. The number of rotatable bonds is 6. The van der Waals surface area contributed by atoms with Gasteiger partial charge < -0.3 is 20.3 Å². The molecule has 2 fully saturated rings. The van der Waals surface area contributed by atoms with Gasteiger partial charge >= 0.3 is 12.1 Å². The summed E-state index contributed by atoms with van der Waals surface area (Å²) >= 11 is 0. The number of hydrogen-bond acceptors (Lipinski definition) is 4. The smallest absolute Gasteiger partial charge is 0.327 e. The lowest BCUT2D eigenvalue weighted by Gasteiger charge is -2.18. The van der Waals surface area contributed by atoms with Gasteiger partial charge in [-0.05, 0) is 37.5 Å². The summed E-state index contributed by atoms with van der Waals surface area (Å²) in [5.74, 6) is 0.408. The quantitative estimate of drug-likeness (QED) is 0.761. The first-order valence-electron chi connectivity index (χ1n) is 8.89. The molecular formula is C18H24N4O4. The Morgan fingerprint density at radius 3 is 2.85 bits per heavy atom. The highest BCUT2D eigenvalue weighted by Crippen LogP contribution is 2.31. The van der Waals surface area contributed by atoms with Gasteiger partial charge in [0.15, 0.2) is 0 Å². The maximum atomic E-state index is 12.5. The van der Waals surface area contributed by atoms with E-state index < -0.39 is 0 Å². The second kappa shape index (κ2) is 7.63. The van der Waals surface area contributed by atoms with Gasteiger partial charge in [-0.2, -0.15) is 0 Å². The number of imide groups is 1. The van der Waals surface area contributed by atoms with Crippen LogP contribution in [0.25, 0.3) is 0 Å². The molecule has 1 unspecified atom stereocenters. The Hall–Kier alpha value is -2.77. The van der Waals surface area contributed by atoms with E-state index >= 15 is 0 Å². The fraction of sp³-hybridized carbons (Fsp3) is 0.500. The zero-order chi connectivity index (χ0) is 18.7. The Labute approximate surface area is 152 Å². The SMILES string of the molecule is CCCNC(=O)Nc1ccc(OC)c(CN2C(=O)C3CCCN3C2=O)c1. The number of anilines is 1. The molecule has 3 rings (SSSR count). The molecule has 2 aliphatic rings. The second-order valence-corrected chi connectivity index (χ2v) is 6.47. The van der Waals surface area contributed by atoms with Crippen molar-refractivity contribution in [1.82, 2.24) is 15.1 Å². The van der Waals surface area contributed by atoms with Crippen LogP contribution in [-0.2, 0) is 11.3 Å². The lowest BCUT2D eigenvalue weighted by Crippen LogP contribution is -2.33. The van der Waals surface area contributed by atoms with Crippen molar-refractivity contribution in [2.24, 2.45) is 0 Å². The molecule has 1 aromatic rings. The molecule has 0 aromatic heterocycles. The molecule has 140 valence electrons. The summed E-state index contributed by atoms with van der Waals surface area (Å²) in [5, 5.41) is 5.49. The third-order valence-electron chi connectivity index (χ3n) is 4.68. The lowest BCUT2D eigenvalue weighted by atomic mass is 10.1. The van der Waals surface area contributed by atoms with Crippen LogP contribution in [0.2, 0.25) is 0 Å². The number of nitrogens with one attached hydrogen (secondary N) is 2. The monoisotopic (exact) mass is 360 g/mol. The van der Waals surface area contributed by atoms with Gasteiger partial charge in [-0.25, -0.2) is 9.59 Å². The molecule has 26 heavy (non-hydrogen) atoms. The second-order valence-electron chi connectivity index (χ2n) is 6.47. The van der Waals surface area contributed by atoms with Crippen LogP contribution in [0.5, 0.6) is 5.75 Å². The Morgan fingerprint density at radius 2 is 2.15 bits per heavy atom. The van der Waals surface area contributed by atoms with E-state index in [1.165, 1.54) is 12.0 Å². The van der Waals surface area contributed by atoms with Crippen LogP contribution in [0, 0.1) is 0 Å². The van der Waals surface area contributed by atoms with Crippen molar-refractivity contribution in [3.63, 3.8) is 0 Å². The number of hydrogen-bond donors (Lipinski definition) is 2. The molecule has 1 atom stereocenters. The number of methoxy groups -OCH3 is 1. The highest BCUT2D eigenvalue weighted by Gasteiger charge is 2.47. The van der Waals surface area contributed by atoms with E-state index in [0.29, 0.717) is 30.1 Å². The van der Waals surface area contributed by atoms with Gasteiger partial charge in [0.1, 0.15) is 11.8 Å². The van der Waals surface area contributed by atoms with Crippen molar-refractivity contribution < 1.29 is 19.1 Å². The first-order valence-corrected chi connectivity index (χ1v) is 8.89. The maximum Gasteiger partial charge on any atom is 0.327 e. The number of urea groups is 2. The van der Waals surface area contributed by atoms with Gasteiger partial charge in [0.05, 0.1) is 13.7 Å². The van der Waals surface area contributed by atoms with Crippen molar-refractivity contribution in [3.8, 4) is 5.75 Å². The van der Waals surface area contributed by atoms with Gasteiger partial charge in [0.25, 0.3) is 5.91 Å². The van der Waals surface area contributed by atoms with Gasteiger partial charge in [0, 0.05) is 24.3 Å². The summed E-state index contributed by atoms with van der Waals surface area (Å²) in [6.45, 7) is 3.31. The highest BCUT2D eigenvalue weighted by atomic mass is 16.5. The summed E-state index contributed by atoms with van der Waals surface area (Å²) in [6.07, 6.45) is 2.43. The minimum Gasteiger partial charge on any atom is -0.496 e. The third kappa shape index (κ3) is 3.44. The molecule has 0 radical (unpaired) electrons. The van der Waals surface area contributed by atoms with Crippen molar-refractivity contribution in [2.45, 2.75) is 38.8 Å². The van der Waals surface area contributed by atoms with Crippen LogP contribution in [0.4, 0.5) is 15.3 Å². The first-order chi connectivity index (χ1) is 12.5. The molecule has 5 amide bonds. The average molecular weight is 360 g/mol. The Bertz CT molecular complexity index is 699. The van der Waals surface area contributed by atoms with E-state index in [0.717, 1.165) is 19.3 Å². The Balaban J connectivity index is 1.76. The molecule has 8 nitrogen and oxygen atoms in total. The van der Waals surface area contributed by atoms with Gasteiger partial charge in [0.2, 0.25) is 0 Å². The Morgan fingerprint density at radius 1 is 1.35 bits per heavy atom. The number of fused-ring (bicyclic) bond motifs is 1. The predicted molar refractivity (Wildman–Crippen MR) is 96.0 cm³/mol. The van der Waals surface area contributed by atoms with Gasteiger partial charge in [-0.15, -0.1) is 0 Å². The van der Waals surface area contributed by atoms with E-state index in [1.54, 1.807) is 23.1 Å². The summed E-state index contributed by atoms with van der Waals surface area (Å²) in [4.78, 5) is 39.8.